The summed E-state index contributed by atoms with van der Waals surface area (Å²) < 4.78 is 0. The zero-order valence-corrected chi connectivity index (χ0v) is 13.9. The van der Waals surface area contributed by atoms with Gasteiger partial charge in [-0.3, -0.25) is 0 Å². The van der Waals surface area contributed by atoms with Crippen LogP contribution in [-0.2, 0) is 12.0 Å². The molecule has 0 aliphatic rings. The van der Waals surface area contributed by atoms with E-state index in [0.29, 0.717) is 0 Å². The first-order valence-corrected chi connectivity index (χ1v) is 8.01. The van der Waals surface area contributed by atoms with Gasteiger partial charge in [0.05, 0.1) is 5.69 Å². The van der Waals surface area contributed by atoms with Crippen LogP contribution in [0.4, 0.5) is 0 Å². The quantitative estimate of drug-likeness (QED) is 0.894. The van der Waals surface area contributed by atoms with Crippen molar-refractivity contribution in [3.63, 3.8) is 0 Å². The van der Waals surface area contributed by atoms with Crippen molar-refractivity contribution in [3.05, 3.63) is 40.4 Å². The Labute approximate surface area is 126 Å². The Morgan fingerprint density at radius 2 is 2.00 bits per heavy atom. The van der Waals surface area contributed by atoms with Gasteiger partial charge in [0.15, 0.2) is 0 Å². The average molecular weight is 288 g/mol. The molecule has 2 aromatic rings. The van der Waals surface area contributed by atoms with Crippen molar-refractivity contribution >= 4 is 11.3 Å². The topological polar surface area (TPSA) is 24.9 Å². The molecule has 2 rings (SSSR count). The van der Waals surface area contributed by atoms with Crippen molar-refractivity contribution in [1.82, 2.24) is 10.3 Å². The zero-order chi connectivity index (χ0) is 14.8. The van der Waals surface area contributed by atoms with Crippen LogP contribution in [-0.4, -0.2) is 11.5 Å². The lowest BCUT2D eigenvalue weighted by molar-refractivity contribution is 0.561. The first-order valence-electron chi connectivity index (χ1n) is 7.19. The fourth-order valence-corrected chi connectivity index (χ4v) is 3.44. The van der Waals surface area contributed by atoms with Crippen LogP contribution in [0.1, 0.15) is 43.8 Å². The summed E-state index contributed by atoms with van der Waals surface area (Å²) in [6.07, 6.45) is 0. The van der Waals surface area contributed by atoms with Crippen LogP contribution in [0, 0.1) is 6.92 Å². The van der Waals surface area contributed by atoms with E-state index in [-0.39, 0.29) is 5.41 Å². The molecule has 3 heteroatoms. The Morgan fingerprint density at radius 3 is 2.60 bits per heavy atom. The van der Waals surface area contributed by atoms with Crippen LogP contribution in [0.15, 0.2) is 24.3 Å². The Balaban J connectivity index is 2.43. The van der Waals surface area contributed by atoms with Crippen LogP contribution in [0.5, 0.6) is 0 Å². The lowest BCUT2D eigenvalue weighted by atomic mass is 9.91. The van der Waals surface area contributed by atoms with Gasteiger partial charge in [-0.15, -0.1) is 11.3 Å². The van der Waals surface area contributed by atoms with Crippen molar-refractivity contribution in [2.24, 2.45) is 0 Å². The maximum atomic E-state index is 4.92. The summed E-state index contributed by atoms with van der Waals surface area (Å²) in [7, 11) is 0. The minimum absolute atomic E-state index is 0.0866. The van der Waals surface area contributed by atoms with Gasteiger partial charge in [0.2, 0.25) is 0 Å². The SMILES string of the molecule is CCNCc1sc(-c2cccc(C)c2)nc1C(C)(C)C. The van der Waals surface area contributed by atoms with Crippen molar-refractivity contribution in [2.75, 3.05) is 6.54 Å². The molecule has 0 spiro atoms. The van der Waals surface area contributed by atoms with Gasteiger partial charge in [0, 0.05) is 22.4 Å². The second kappa shape index (κ2) is 6.06. The predicted molar refractivity (Wildman–Crippen MR) is 88.4 cm³/mol. The highest BCUT2D eigenvalue weighted by Crippen LogP contribution is 2.34. The molecule has 1 N–H and O–H groups in total. The smallest absolute Gasteiger partial charge is 0.123 e. The highest BCUT2D eigenvalue weighted by molar-refractivity contribution is 7.15. The number of hydrogen-bond donors (Lipinski definition) is 1. The summed E-state index contributed by atoms with van der Waals surface area (Å²) in [6, 6.07) is 8.59. The molecule has 0 unspecified atom stereocenters. The van der Waals surface area contributed by atoms with E-state index in [0.717, 1.165) is 18.1 Å². The van der Waals surface area contributed by atoms with Gasteiger partial charge in [0.25, 0.3) is 0 Å². The maximum Gasteiger partial charge on any atom is 0.123 e. The first kappa shape index (κ1) is 15.2. The van der Waals surface area contributed by atoms with E-state index >= 15 is 0 Å². The number of thiazole rings is 1. The number of nitrogens with zero attached hydrogens (tertiary/aromatic N) is 1. The zero-order valence-electron chi connectivity index (χ0n) is 13.1. The van der Waals surface area contributed by atoms with Crippen LogP contribution in [0.3, 0.4) is 0 Å². The maximum absolute atomic E-state index is 4.92. The monoisotopic (exact) mass is 288 g/mol. The van der Waals surface area contributed by atoms with Crippen molar-refractivity contribution in [1.29, 1.82) is 0 Å². The first-order chi connectivity index (χ1) is 9.41. The van der Waals surface area contributed by atoms with E-state index in [1.807, 2.05) is 11.3 Å². The van der Waals surface area contributed by atoms with E-state index in [2.05, 4.69) is 64.2 Å². The fraction of sp³-hybridized carbons (Fsp3) is 0.471. The number of nitrogens with one attached hydrogen (secondary N) is 1. The Hall–Kier alpha value is -1.19. The summed E-state index contributed by atoms with van der Waals surface area (Å²) in [5, 5.41) is 4.55. The van der Waals surface area contributed by atoms with E-state index in [1.165, 1.54) is 21.7 Å². The van der Waals surface area contributed by atoms with Gasteiger partial charge in [0.1, 0.15) is 5.01 Å². The molecule has 0 atom stereocenters. The van der Waals surface area contributed by atoms with Gasteiger partial charge in [-0.1, -0.05) is 51.5 Å². The molecule has 1 aromatic heterocycles. The van der Waals surface area contributed by atoms with Gasteiger partial charge in [-0.25, -0.2) is 4.98 Å². The Morgan fingerprint density at radius 1 is 1.25 bits per heavy atom. The second-order valence-corrected chi connectivity index (χ2v) is 7.27. The lowest BCUT2D eigenvalue weighted by Gasteiger charge is -2.17. The van der Waals surface area contributed by atoms with Gasteiger partial charge in [-0.05, 0) is 19.5 Å². The fourth-order valence-electron chi connectivity index (χ4n) is 2.20. The lowest BCUT2D eigenvalue weighted by Crippen LogP contribution is -2.18. The average Bonchev–Trinajstić information content (AvgIpc) is 2.80. The molecule has 0 saturated heterocycles. The largest absolute Gasteiger partial charge is 0.312 e. The number of rotatable bonds is 4. The highest BCUT2D eigenvalue weighted by atomic mass is 32.1. The van der Waals surface area contributed by atoms with Gasteiger partial charge in [-0.2, -0.15) is 0 Å². The molecule has 2 nitrogen and oxygen atoms in total. The highest BCUT2D eigenvalue weighted by Gasteiger charge is 2.23. The van der Waals surface area contributed by atoms with Crippen LogP contribution >= 0.6 is 11.3 Å². The van der Waals surface area contributed by atoms with Crippen LogP contribution in [0.2, 0.25) is 0 Å². The summed E-state index contributed by atoms with van der Waals surface area (Å²) >= 11 is 1.81. The second-order valence-electron chi connectivity index (χ2n) is 6.19. The van der Waals surface area contributed by atoms with Crippen molar-refractivity contribution < 1.29 is 0 Å². The molecule has 1 heterocycles. The molecule has 0 fully saturated rings. The molecule has 1 aromatic carbocycles. The molecule has 108 valence electrons. The Kier molecular flexibility index (Phi) is 4.61. The normalized spacial score (nSPS) is 11.8. The summed E-state index contributed by atoms with van der Waals surface area (Å²) in [5.74, 6) is 0. The predicted octanol–water partition coefficient (Wildman–Crippen LogP) is 4.53. The minimum atomic E-state index is 0.0866. The summed E-state index contributed by atoms with van der Waals surface area (Å²) in [5.41, 5.74) is 3.81. The summed E-state index contributed by atoms with van der Waals surface area (Å²) in [4.78, 5) is 6.28. The van der Waals surface area contributed by atoms with E-state index < -0.39 is 0 Å². The molecule has 0 radical (unpaired) electrons. The number of aromatic nitrogens is 1. The van der Waals surface area contributed by atoms with E-state index in [4.69, 9.17) is 4.98 Å². The third-order valence-electron chi connectivity index (χ3n) is 3.21. The Bertz CT molecular complexity index is 579. The number of benzene rings is 1. The van der Waals surface area contributed by atoms with Gasteiger partial charge >= 0.3 is 0 Å². The van der Waals surface area contributed by atoms with Crippen molar-refractivity contribution in [2.45, 2.75) is 46.6 Å². The van der Waals surface area contributed by atoms with E-state index in [9.17, 15) is 0 Å². The summed E-state index contributed by atoms with van der Waals surface area (Å²) in [6.45, 7) is 12.9. The van der Waals surface area contributed by atoms with Crippen LogP contribution in [0.25, 0.3) is 10.6 Å². The third-order valence-corrected chi connectivity index (χ3v) is 4.31. The number of aryl methyl sites for hydroxylation is 1. The third kappa shape index (κ3) is 3.47. The van der Waals surface area contributed by atoms with E-state index in [1.54, 1.807) is 0 Å². The molecule has 0 aliphatic carbocycles. The molecular formula is C17H24N2S. The molecule has 0 amide bonds. The van der Waals surface area contributed by atoms with Crippen molar-refractivity contribution in [3.8, 4) is 10.6 Å². The number of hydrogen-bond acceptors (Lipinski definition) is 3. The molecule has 0 bridgehead atoms. The van der Waals surface area contributed by atoms with Gasteiger partial charge < -0.3 is 5.32 Å². The molecule has 0 aliphatic heterocycles. The molecular weight excluding hydrogens is 264 g/mol. The standard InChI is InChI=1S/C17H24N2S/c1-6-18-11-14-15(17(3,4)5)19-16(20-14)13-9-7-8-12(2)10-13/h7-10,18H,6,11H2,1-5H3. The minimum Gasteiger partial charge on any atom is -0.312 e. The molecule has 20 heavy (non-hydrogen) atoms. The van der Waals surface area contributed by atoms with Crippen LogP contribution < -0.4 is 5.32 Å². The molecule has 0 saturated carbocycles.